The van der Waals surface area contributed by atoms with E-state index in [1.807, 2.05) is 0 Å². The van der Waals surface area contributed by atoms with Gasteiger partial charge in [-0.15, -0.1) is 0 Å². The van der Waals surface area contributed by atoms with Crippen molar-refractivity contribution in [3.8, 4) is 0 Å². The van der Waals surface area contributed by atoms with E-state index in [1.165, 1.54) is 96.3 Å². The summed E-state index contributed by atoms with van der Waals surface area (Å²) in [6.07, 6.45) is 34.2. The second-order valence-corrected chi connectivity index (χ2v) is 14.7. The van der Waals surface area contributed by atoms with Crippen molar-refractivity contribution >= 4 is 5.97 Å². The Morgan fingerprint density at radius 3 is 2.21 bits per heavy atom. The second-order valence-electron chi connectivity index (χ2n) is 14.7. The van der Waals surface area contributed by atoms with E-state index in [1.54, 1.807) is 0 Å². The van der Waals surface area contributed by atoms with E-state index in [0.29, 0.717) is 17.3 Å². The van der Waals surface area contributed by atoms with Crippen molar-refractivity contribution in [1.29, 1.82) is 0 Å². The van der Waals surface area contributed by atoms with Crippen LogP contribution in [0.1, 0.15) is 156 Å². The van der Waals surface area contributed by atoms with Crippen LogP contribution in [0.25, 0.3) is 0 Å². The summed E-state index contributed by atoms with van der Waals surface area (Å²) in [5, 5.41) is 0. The topological polar surface area (TPSA) is 26.3 Å². The van der Waals surface area contributed by atoms with Crippen LogP contribution in [0, 0.1) is 40.4 Å². The zero-order valence-electron chi connectivity index (χ0n) is 26.2. The van der Waals surface area contributed by atoms with Gasteiger partial charge in [-0.3, -0.25) is 4.79 Å². The number of esters is 1. The van der Waals surface area contributed by atoms with Gasteiger partial charge in [-0.2, -0.15) is 0 Å². The lowest BCUT2D eigenvalue weighted by Crippen LogP contribution is -2.54. The molecule has 6 unspecified atom stereocenters. The summed E-state index contributed by atoms with van der Waals surface area (Å²) < 4.78 is 6.08. The largest absolute Gasteiger partial charge is 0.462 e. The monoisotopic (exact) mass is 538 g/mol. The van der Waals surface area contributed by atoms with Crippen molar-refractivity contribution < 1.29 is 9.53 Å². The van der Waals surface area contributed by atoms with E-state index >= 15 is 0 Å². The van der Waals surface area contributed by atoms with Crippen LogP contribution in [-0.4, -0.2) is 12.1 Å². The predicted molar refractivity (Wildman–Crippen MR) is 166 cm³/mol. The van der Waals surface area contributed by atoms with Crippen LogP contribution in [-0.2, 0) is 9.53 Å². The van der Waals surface area contributed by atoms with Crippen LogP contribution in [0.15, 0.2) is 24.3 Å². The Kier molecular flexibility index (Phi) is 11.7. The second kappa shape index (κ2) is 14.7. The molecular formula is C37H62O2. The molecule has 222 valence electrons. The standard InChI is InChI=1S/C37H62O2/c1-5-6-7-8-9-10-11-12-13-14-15-16-17-18-19-35(38)39-31-24-26-37(4)30(28-31)21-22-32-33-23-20-29(2)36(33,3)27-25-34(32)37/h9-12,29-34H,5-8,13-28H2,1-4H3/b10-9+,12-11+/t29?,30?,31?,32?,33?,34?,36-,37+/m1/s1. The minimum Gasteiger partial charge on any atom is -0.462 e. The SMILES string of the molecule is CCCCC/C=C/C=C/CCCCCCCC(=O)OC1CC[C@@]2(C)C(CCC3C2CC[C@]2(C)C(C)CCC32)C1. The third-order valence-electron chi connectivity index (χ3n) is 12.5. The molecule has 39 heavy (non-hydrogen) atoms. The van der Waals surface area contributed by atoms with Crippen molar-refractivity contribution in [3.05, 3.63) is 24.3 Å². The number of unbranched alkanes of at least 4 members (excludes halogenated alkanes) is 8. The normalized spacial score (nSPS) is 38.1. The molecule has 0 N–H and O–H groups in total. The Balaban J connectivity index is 1.08. The molecule has 0 saturated heterocycles. The van der Waals surface area contributed by atoms with E-state index in [9.17, 15) is 4.79 Å². The van der Waals surface area contributed by atoms with Crippen molar-refractivity contribution in [2.24, 2.45) is 40.4 Å². The molecule has 0 amide bonds. The number of fused-ring (bicyclic) bond motifs is 5. The van der Waals surface area contributed by atoms with Crippen molar-refractivity contribution in [2.45, 2.75) is 162 Å². The molecule has 4 saturated carbocycles. The molecule has 8 atom stereocenters. The molecule has 0 heterocycles. The van der Waals surface area contributed by atoms with Gasteiger partial charge >= 0.3 is 5.97 Å². The van der Waals surface area contributed by atoms with Gasteiger partial charge in [0.2, 0.25) is 0 Å². The highest BCUT2D eigenvalue weighted by atomic mass is 16.5. The number of carbonyl (C=O) groups is 1. The van der Waals surface area contributed by atoms with Gasteiger partial charge in [0.1, 0.15) is 6.10 Å². The summed E-state index contributed by atoms with van der Waals surface area (Å²) in [4.78, 5) is 12.7. The van der Waals surface area contributed by atoms with E-state index in [-0.39, 0.29) is 12.1 Å². The Hall–Kier alpha value is -1.05. The van der Waals surface area contributed by atoms with Crippen LogP contribution >= 0.6 is 0 Å². The summed E-state index contributed by atoms with van der Waals surface area (Å²) in [5.41, 5.74) is 1.10. The van der Waals surface area contributed by atoms with E-state index < -0.39 is 0 Å². The van der Waals surface area contributed by atoms with E-state index in [2.05, 4.69) is 52.0 Å². The summed E-state index contributed by atoms with van der Waals surface area (Å²) >= 11 is 0. The maximum absolute atomic E-state index is 12.7. The van der Waals surface area contributed by atoms with Gasteiger partial charge in [0.15, 0.2) is 0 Å². The van der Waals surface area contributed by atoms with Crippen LogP contribution in [0.4, 0.5) is 0 Å². The van der Waals surface area contributed by atoms with Gasteiger partial charge in [0.25, 0.3) is 0 Å². The first-order valence-corrected chi connectivity index (χ1v) is 17.4. The first-order valence-electron chi connectivity index (χ1n) is 17.4. The summed E-state index contributed by atoms with van der Waals surface area (Å²) in [7, 11) is 0. The highest BCUT2D eigenvalue weighted by Gasteiger charge is 2.59. The highest BCUT2D eigenvalue weighted by Crippen LogP contribution is 2.67. The van der Waals surface area contributed by atoms with Gasteiger partial charge in [-0.05, 0) is 130 Å². The molecule has 0 aromatic heterocycles. The molecule has 0 aliphatic heterocycles. The fourth-order valence-corrected chi connectivity index (χ4v) is 9.76. The minimum atomic E-state index is 0.0688. The van der Waals surface area contributed by atoms with Gasteiger partial charge in [0, 0.05) is 6.42 Å². The molecule has 4 rings (SSSR count). The molecule has 0 bridgehead atoms. The molecule has 0 aromatic carbocycles. The number of allylic oxidation sites excluding steroid dienone is 4. The molecule has 0 radical (unpaired) electrons. The van der Waals surface area contributed by atoms with Crippen LogP contribution in [0.5, 0.6) is 0 Å². The van der Waals surface area contributed by atoms with Gasteiger partial charge < -0.3 is 4.74 Å². The smallest absolute Gasteiger partial charge is 0.306 e. The number of hydrogen-bond donors (Lipinski definition) is 0. The molecule has 4 aliphatic rings. The highest BCUT2D eigenvalue weighted by molar-refractivity contribution is 5.69. The minimum absolute atomic E-state index is 0.0688. The van der Waals surface area contributed by atoms with Crippen molar-refractivity contribution in [2.75, 3.05) is 0 Å². The van der Waals surface area contributed by atoms with E-state index in [4.69, 9.17) is 4.74 Å². The van der Waals surface area contributed by atoms with Crippen LogP contribution < -0.4 is 0 Å². The average molecular weight is 539 g/mol. The first kappa shape index (κ1) is 30.9. The lowest BCUT2D eigenvalue weighted by Gasteiger charge is -2.61. The number of ether oxygens (including phenoxy) is 1. The zero-order chi connectivity index (χ0) is 27.7. The maximum atomic E-state index is 12.7. The third-order valence-corrected chi connectivity index (χ3v) is 12.5. The van der Waals surface area contributed by atoms with Crippen molar-refractivity contribution in [3.63, 3.8) is 0 Å². The lowest BCUT2D eigenvalue weighted by atomic mass is 9.45. The number of rotatable bonds is 14. The molecule has 0 aromatic rings. The van der Waals surface area contributed by atoms with Crippen LogP contribution in [0.3, 0.4) is 0 Å². The fraction of sp³-hybridized carbons (Fsp3) is 0.865. The molecule has 4 fully saturated rings. The average Bonchev–Trinajstić information content (AvgIpc) is 3.23. The lowest BCUT2D eigenvalue weighted by molar-refractivity contribution is -0.162. The van der Waals surface area contributed by atoms with E-state index in [0.717, 1.165) is 55.3 Å². The Bertz CT molecular complexity index is 812. The quantitative estimate of drug-likeness (QED) is 0.125. The fourth-order valence-electron chi connectivity index (χ4n) is 9.76. The zero-order valence-corrected chi connectivity index (χ0v) is 26.2. The van der Waals surface area contributed by atoms with Gasteiger partial charge in [-0.25, -0.2) is 0 Å². The number of hydrogen-bond acceptors (Lipinski definition) is 2. The van der Waals surface area contributed by atoms with Crippen molar-refractivity contribution in [1.82, 2.24) is 0 Å². The Morgan fingerprint density at radius 1 is 0.769 bits per heavy atom. The Labute approximate surface area is 242 Å². The molecular weight excluding hydrogens is 476 g/mol. The summed E-state index contributed by atoms with van der Waals surface area (Å²) in [6, 6.07) is 0. The van der Waals surface area contributed by atoms with Gasteiger partial charge in [-0.1, -0.05) is 84.1 Å². The third kappa shape index (κ3) is 7.62. The first-order chi connectivity index (χ1) is 18.9. The predicted octanol–water partition coefficient (Wildman–Crippen LogP) is 11.0. The van der Waals surface area contributed by atoms with Gasteiger partial charge in [0.05, 0.1) is 0 Å². The Morgan fingerprint density at radius 2 is 1.44 bits per heavy atom. The van der Waals surface area contributed by atoms with Crippen LogP contribution in [0.2, 0.25) is 0 Å². The molecule has 2 nitrogen and oxygen atoms in total. The molecule has 0 spiro atoms. The maximum Gasteiger partial charge on any atom is 0.306 e. The number of carbonyl (C=O) groups excluding carboxylic acids is 1. The summed E-state index contributed by atoms with van der Waals surface area (Å²) in [5.74, 6) is 4.59. The summed E-state index contributed by atoms with van der Waals surface area (Å²) in [6.45, 7) is 10.0. The molecule has 4 aliphatic carbocycles. The molecule has 2 heteroatoms.